The molecule has 1 aromatic carbocycles. The number of nitrogens with one attached hydrogen (secondary N) is 1. The van der Waals surface area contributed by atoms with Crippen LogP contribution in [-0.2, 0) is 35.0 Å². The van der Waals surface area contributed by atoms with E-state index >= 15 is 0 Å². The van der Waals surface area contributed by atoms with E-state index in [1.165, 1.54) is 19.1 Å². The zero-order valence-corrected chi connectivity index (χ0v) is 26.4. The lowest BCUT2D eigenvalue weighted by molar-refractivity contribution is -0.153. The third kappa shape index (κ3) is 6.85. The van der Waals surface area contributed by atoms with Gasteiger partial charge in [-0.05, 0) is 38.0 Å². The molecule has 2 saturated heterocycles. The molecule has 2 N–H and O–H groups in total. The molecule has 1 aromatic rings. The summed E-state index contributed by atoms with van der Waals surface area (Å²) >= 11 is 6.66. The number of methoxy groups -OCH3 is 2. The lowest BCUT2D eigenvalue weighted by Gasteiger charge is -2.42. The van der Waals surface area contributed by atoms with Crippen LogP contribution in [-0.4, -0.2) is 80.1 Å². The monoisotopic (exact) mass is 620 g/mol. The number of benzene rings is 1. The van der Waals surface area contributed by atoms with E-state index in [1.54, 1.807) is 33.0 Å². The average Bonchev–Trinajstić information content (AvgIpc) is 3.66. The van der Waals surface area contributed by atoms with Gasteiger partial charge in [-0.1, -0.05) is 49.2 Å². The summed E-state index contributed by atoms with van der Waals surface area (Å²) in [4.78, 5) is 40.2. The Morgan fingerprint density at radius 3 is 2.65 bits per heavy atom. The number of anilines is 1. The quantitative estimate of drug-likeness (QED) is 0.377. The second kappa shape index (κ2) is 12.9. The number of hydrogen-bond donors (Lipinski definition) is 2. The Balaban J connectivity index is 1.79. The average molecular weight is 621 g/mol. The van der Waals surface area contributed by atoms with E-state index in [2.05, 4.69) is 5.32 Å². The van der Waals surface area contributed by atoms with Crippen LogP contribution in [0.4, 0.5) is 10.5 Å². The summed E-state index contributed by atoms with van der Waals surface area (Å²) in [6, 6.07) is 3.63. The highest BCUT2D eigenvalue weighted by Gasteiger charge is 2.64. The Labute approximate surface area is 257 Å². The first-order valence-corrected chi connectivity index (χ1v) is 14.7. The molecule has 0 spiro atoms. The van der Waals surface area contributed by atoms with Crippen molar-refractivity contribution in [1.82, 2.24) is 5.32 Å². The van der Waals surface area contributed by atoms with Crippen molar-refractivity contribution in [2.45, 2.75) is 89.1 Å². The van der Waals surface area contributed by atoms with Crippen molar-refractivity contribution in [3.63, 3.8) is 0 Å². The summed E-state index contributed by atoms with van der Waals surface area (Å²) in [5.74, 6) is -0.854. The van der Waals surface area contributed by atoms with Gasteiger partial charge < -0.3 is 33.7 Å². The van der Waals surface area contributed by atoms with Crippen molar-refractivity contribution in [2.24, 2.45) is 5.92 Å². The highest BCUT2D eigenvalue weighted by Crippen LogP contribution is 2.49. The first kappa shape index (κ1) is 32.8. The molecule has 4 rings (SSSR count). The minimum Gasteiger partial charge on any atom is -0.495 e. The van der Waals surface area contributed by atoms with Crippen LogP contribution in [0.3, 0.4) is 0 Å². The molecule has 3 heterocycles. The van der Waals surface area contributed by atoms with Crippen LogP contribution in [0.1, 0.15) is 52.5 Å². The van der Waals surface area contributed by atoms with Crippen molar-refractivity contribution < 1.29 is 43.2 Å². The molecule has 0 radical (unpaired) electrons. The van der Waals surface area contributed by atoms with Crippen molar-refractivity contribution in [3.8, 4) is 5.75 Å². The molecule has 7 atom stereocenters. The molecule has 2 fully saturated rings. The van der Waals surface area contributed by atoms with Crippen LogP contribution in [0.5, 0.6) is 5.75 Å². The van der Waals surface area contributed by atoms with E-state index in [0.29, 0.717) is 17.9 Å². The van der Waals surface area contributed by atoms with Crippen LogP contribution in [0, 0.1) is 5.92 Å². The number of amides is 2. The highest BCUT2D eigenvalue weighted by molar-refractivity contribution is 6.35. The number of alkyl carbamates (subject to hydrolysis) is 1. The lowest BCUT2D eigenvalue weighted by Crippen LogP contribution is -2.63. The molecule has 0 unspecified atom stereocenters. The van der Waals surface area contributed by atoms with Crippen molar-refractivity contribution in [2.75, 3.05) is 26.2 Å². The smallest absolute Gasteiger partial charge is 0.409 e. The topological polar surface area (TPSA) is 136 Å². The van der Waals surface area contributed by atoms with Gasteiger partial charge in [-0.15, -0.1) is 0 Å². The van der Waals surface area contributed by atoms with E-state index in [-0.39, 0.29) is 30.2 Å². The molecule has 0 aliphatic carbocycles. The van der Waals surface area contributed by atoms with Gasteiger partial charge in [0.15, 0.2) is 5.72 Å². The Hall–Kier alpha value is -3.12. The number of esters is 1. The van der Waals surface area contributed by atoms with Gasteiger partial charge in [-0.25, -0.2) is 4.79 Å². The summed E-state index contributed by atoms with van der Waals surface area (Å²) in [7, 11) is 4.56. The largest absolute Gasteiger partial charge is 0.495 e. The number of fused-ring (bicyclic) bond motifs is 5. The Bertz CT molecular complexity index is 1320. The van der Waals surface area contributed by atoms with Gasteiger partial charge >= 0.3 is 12.1 Å². The molecule has 3 aliphatic rings. The SMILES string of the molecule is CCC(=O)O[C@H]1CC(=O)N(C)c2cc(cc(OC)c2Cl)C/C(C)=C/C=C/[C@@H](OC)[C@@]2(O)C[C@H](OC(=O)N2)[C@@H](C)[C@H]2O[C@@]12C. The van der Waals surface area contributed by atoms with Gasteiger partial charge in [0.1, 0.15) is 34.7 Å². The molecule has 3 aliphatic heterocycles. The Kier molecular flexibility index (Phi) is 9.80. The van der Waals surface area contributed by atoms with E-state index < -0.39 is 53.7 Å². The lowest BCUT2D eigenvalue weighted by atomic mass is 9.83. The first-order valence-electron chi connectivity index (χ1n) is 14.3. The van der Waals surface area contributed by atoms with Gasteiger partial charge in [0.2, 0.25) is 5.91 Å². The van der Waals surface area contributed by atoms with Gasteiger partial charge in [0, 0.05) is 32.9 Å². The molecule has 2 amide bonds. The number of ether oxygens (including phenoxy) is 5. The number of rotatable bonds is 4. The number of carbonyl (C=O) groups is 3. The van der Waals surface area contributed by atoms with E-state index in [0.717, 1.165) is 11.1 Å². The molecular formula is C31H41ClN2O9. The Morgan fingerprint density at radius 1 is 1.28 bits per heavy atom. The second-order valence-electron chi connectivity index (χ2n) is 11.6. The fraction of sp³-hybridized carbons (Fsp3) is 0.581. The molecule has 12 heteroatoms. The molecule has 43 heavy (non-hydrogen) atoms. The second-order valence-corrected chi connectivity index (χ2v) is 12.0. The minimum atomic E-state index is -1.76. The van der Waals surface area contributed by atoms with E-state index in [4.69, 9.17) is 35.3 Å². The van der Waals surface area contributed by atoms with Crippen molar-refractivity contribution in [3.05, 3.63) is 46.5 Å². The van der Waals surface area contributed by atoms with Gasteiger partial charge in [0.25, 0.3) is 0 Å². The number of aliphatic hydroxyl groups is 1. The number of halogens is 1. The molecule has 0 aromatic heterocycles. The molecule has 236 valence electrons. The fourth-order valence-electron chi connectivity index (χ4n) is 5.85. The molecule has 0 saturated carbocycles. The number of carbonyl (C=O) groups excluding carboxylic acids is 3. The molecule has 11 nitrogen and oxygen atoms in total. The highest BCUT2D eigenvalue weighted by atomic mass is 35.5. The third-order valence-corrected chi connectivity index (χ3v) is 8.89. The fourth-order valence-corrected chi connectivity index (χ4v) is 6.16. The Morgan fingerprint density at radius 2 is 2.00 bits per heavy atom. The number of nitrogens with zero attached hydrogens (tertiary/aromatic N) is 1. The van der Waals surface area contributed by atoms with E-state index in [1.807, 2.05) is 32.1 Å². The summed E-state index contributed by atoms with van der Waals surface area (Å²) in [5.41, 5.74) is -0.564. The van der Waals surface area contributed by atoms with Crippen LogP contribution >= 0.6 is 11.6 Å². The molecule has 4 bridgehead atoms. The van der Waals surface area contributed by atoms with Crippen LogP contribution in [0.25, 0.3) is 0 Å². The third-order valence-electron chi connectivity index (χ3n) is 8.51. The normalized spacial score (nSPS) is 35.0. The van der Waals surface area contributed by atoms with Gasteiger partial charge in [-0.3, -0.25) is 14.9 Å². The van der Waals surface area contributed by atoms with Crippen molar-refractivity contribution >= 4 is 35.3 Å². The minimum absolute atomic E-state index is 0.00655. The molecular weight excluding hydrogens is 580 g/mol. The van der Waals surface area contributed by atoms with Gasteiger partial charge in [-0.2, -0.15) is 0 Å². The maximum absolute atomic E-state index is 13.7. The van der Waals surface area contributed by atoms with Crippen LogP contribution in [0.15, 0.2) is 35.9 Å². The van der Waals surface area contributed by atoms with E-state index in [9.17, 15) is 19.5 Å². The standard InChI is InChI=1S/C31H41ClN2O9/c1-8-26(36)42-24-15-25(35)34(5)20-13-19(14-21(39-6)27(20)32)12-17(2)10-9-11-23(40-7)31(38)16-22(41-29(37)33-31)18(3)28-30(24,4)43-28/h9-11,13-14,18,22-24,28,38H,8,12,15-16H2,1-7H3,(H,33,37)/b11-9+,17-10+/t18-,22+,23-,24+,28-,30+,31+/m1/s1. The predicted molar refractivity (Wildman–Crippen MR) is 159 cm³/mol. The van der Waals surface area contributed by atoms with Crippen LogP contribution < -0.4 is 15.0 Å². The predicted octanol–water partition coefficient (Wildman–Crippen LogP) is 4.08. The van der Waals surface area contributed by atoms with Gasteiger partial charge in [0.05, 0.1) is 25.3 Å². The summed E-state index contributed by atoms with van der Waals surface area (Å²) in [5, 5.41) is 14.3. The summed E-state index contributed by atoms with van der Waals surface area (Å²) in [6.45, 7) is 7.20. The van der Waals surface area contributed by atoms with Crippen LogP contribution in [0.2, 0.25) is 5.02 Å². The summed E-state index contributed by atoms with van der Waals surface area (Å²) in [6.07, 6.45) is 1.81. The maximum Gasteiger partial charge on any atom is 0.409 e. The summed E-state index contributed by atoms with van der Waals surface area (Å²) < 4.78 is 28.6. The number of allylic oxidation sites excluding steroid dienone is 3. The van der Waals surface area contributed by atoms with Crippen molar-refractivity contribution in [1.29, 1.82) is 0 Å². The zero-order valence-electron chi connectivity index (χ0n) is 25.6. The number of hydrogen-bond acceptors (Lipinski definition) is 9. The maximum atomic E-state index is 13.7. The first-order chi connectivity index (χ1) is 20.3. The number of epoxide rings is 1. The zero-order chi connectivity index (χ0) is 31.7.